The van der Waals surface area contributed by atoms with Gasteiger partial charge in [-0.25, -0.2) is 9.67 Å². The Labute approximate surface area is 190 Å². The molecule has 174 valence electrons. The number of aromatic nitrogens is 3. The number of aliphatic hydroxyl groups excluding tert-OH is 2. The van der Waals surface area contributed by atoms with E-state index in [-0.39, 0.29) is 16.7 Å². The van der Waals surface area contributed by atoms with Crippen molar-refractivity contribution in [1.82, 2.24) is 19.7 Å². The van der Waals surface area contributed by atoms with E-state index in [2.05, 4.69) is 21.4 Å². The molecule has 3 heterocycles. The van der Waals surface area contributed by atoms with E-state index in [1.54, 1.807) is 6.07 Å². The fraction of sp³-hybridized carbons (Fsp3) is 0.286. The predicted octanol–water partition coefficient (Wildman–Crippen LogP) is 3.02. The smallest absolute Gasteiger partial charge is 0.406 e. The summed E-state index contributed by atoms with van der Waals surface area (Å²) in [5, 5.41) is 24.8. The lowest BCUT2D eigenvalue weighted by Gasteiger charge is -2.38. The zero-order valence-electron chi connectivity index (χ0n) is 17.0. The van der Waals surface area contributed by atoms with Gasteiger partial charge in [0.25, 0.3) is 5.91 Å². The molecule has 1 fully saturated rings. The van der Waals surface area contributed by atoms with E-state index in [1.165, 1.54) is 27.9 Å². The largest absolute Gasteiger partial charge is 0.573 e. The molecule has 2 aromatic heterocycles. The van der Waals surface area contributed by atoms with Crippen LogP contribution >= 0.6 is 11.6 Å². The number of carbonyl (C=O) groups excluding carboxylic acids is 1. The van der Waals surface area contributed by atoms with Gasteiger partial charge >= 0.3 is 6.36 Å². The monoisotopic (exact) mass is 482 g/mol. The summed E-state index contributed by atoms with van der Waals surface area (Å²) >= 11 is 5.69. The van der Waals surface area contributed by atoms with Crippen LogP contribution in [-0.2, 0) is 4.79 Å². The fourth-order valence-corrected chi connectivity index (χ4v) is 3.83. The molecule has 0 aliphatic carbocycles. The molecule has 4 rings (SSSR count). The fourth-order valence-electron chi connectivity index (χ4n) is 3.71. The van der Waals surface area contributed by atoms with Crippen molar-refractivity contribution in [1.29, 1.82) is 0 Å². The lowest BCUT2D eigenvalue weighted by molar-refractivity contribution is -0.274. The van der Waals surface area contributed by atoms with E-state index in [9.17, 15) is 28.2 Å². The van der Waals surface area contributed by atoms with Crippen LogP contribution in [0.4, 0.5) is 13.2 Å². The number of alkyl halides is 3. The summed E-state index contributed by atoms with van der Waals surface area (Å²) in [5.74, 6) is -0.997. The van der Waals surface area contributed by atoms with Crippen molar-refractivity contribution in [2.45, 2.75) is 18.4 Å². The van der Waals surface area contributed by atoms with Crippen molar-refractivity contribution >= 4 is 28.5 Å². The molecular weight excluding hydrogens is 465 g/mol. The van der Waals surface area contributed by atoms with Gasteiger partial charge in [0.05, 0.1) is 23.0 Å². The lowest BCUT2D eigenvalue weighted by Crippen LogP contribution is -2.48. The standard InChI is InChI=1S/C21H18ClF3N4O4/c1-11(22)20(32)28-8-12(9-28)18-17-15(16(31)10-30)6-7-26-19(17)29(27-18)13-2-4-14(5-3-13)33-21(23,24)25/h2-7,12,16,30-31H,1,8-10H2/t16-/m1/s1. The van der Waals surface area contributed by atoms with Crippen molar-refractivity contribution in [3.8, 4) is 11.4 Å². The minimum absolute atomic E-state index is 0.108. The number of carbonyl (C=O) groups is 1. The topological polar surface area (TPSA) is 101 Å². The second kappa shape index (κ2) is 8.65. The number of amides is 1. The molecule has 0 spiro atoms. The number of hydrogen-bond donors (Lipinski definition) is 2. The van der Waals surface area contributed by atoms with Crippen LogP contribution in [0.25, 0.3) is 16.7 Å². The lowest BCUT2D eigenvalue weighted by atomic mass is 9.92. The molecule has 33 heavy (non-hydrogen) atoms. The average molecular weight is 483 g/mol. The Morgan fingerprint density at radius 2 is 1.94 bits per heavy atom. The Bertz CT molecular complexity index is 1210. The molecule has 8 nitrogen and oxygen atoms in total. The first kappa shape index (κ1) is 23.0. The Morgan fingerprint density at radius 1 is 1.27 bits per heavy atom. The summed E-state index contributed by atoms with van der Waals surface area (Å²) in [6, 6.07) is 6.64. The van der Waals surface area contributed by atoms with Crippen LogP contribution in [-0.4, -0.2) is 61.8 Å². The Morgan fingerprint density at radius 3 is 2.52 bits per heavy atom. The second-order valence-corrected chi connectivity index (χ2v) is 7.90. The molecule has 1 atom stereocenters. The number of aliphatic hydroxyl groups is 2. The van der Waals surface area contributed by atoms with E-state index in [0.717, 1.165) is 12.1 Å². The van der Waals surface area contributed by atoms with Gasteiger partial charge in [-0.1, -0.05) is 18.2 Å². The zero-order chi connectivity index (χ0) is 23.9. The SMILES string of the molecule is C=C(Cl)C(=O)N1CC(c2nn(-c3ccc(OC(F)(F)F)cc3)c3nccc([C@H](O)CO)c23)C1. The van der Waals surface area contributed by atoms with Crippen LogP contribution in [0.15, 0.2) is 48.1 Å². The van der Waals surface area contributed by atoms with Crippen LogP contribution in [0.2, 0.25) is 0 Å². The van der Waals surface area contributed by atoms with Gasteiger partial charge in [0, 0.05) is 30.6 Å². The Kier molecular flexibility index (Phi) is 6.04. The number of ether oxygens (including phenoxy) is 1. The van der Waals surface area contributed by atoms with Gasteiger partial charge in [-0.05, 0) is 35.9 Å². The summed E-state index contributed by atoms with van der Waals surface area (Å²) in [5.41, 5.74) is 1.67. The van der Waals surface area contributed by atoms with Crippen molar-refractivity contribution in [3.63, 3.8) is 0 Å². The van der Waals surface area contributed by atoms with Crippen molar-refractivity contribution in [3.05, 3.63) is 59.4 Å². The molecule has 0 saturated carbocycles. The average Bonchev–Trinajstić information content (AvgIpc) is 3.11. The zero-order valence-corrected chi connectivity index (χ0v) is 17.7. The van der Waals surface area contributed by atoms with Crippen molar-refractivity contribution in [2.75, 3.05) is 19.7 Å². The summed E-state index contributed by atoms with van der Waals surface area (Å²) < 4.78 is 42.7. The highest BCUT2D eigenvalue weighted by Crippen LogP contribution is 2.36. The van der Waals surface area contributed by atoms with Crippen molar-refractivity contribution < 1.29 is 32.9 Å². The van der Waals surface area contributed by atoms with Crippen LogP contribution in [0, 0.1) is 0 Å². The minimum atomic E-state index is -4.81. The summed E-state index contributed by atoms with van der Waals surface area (Å²) in [7, 11) is 0. The van der Waals surface area contributed by atoms with Crippen LogP contribution in [0.1, 0.15) is 23.3 Å². The first-order valence-corrected chi connectivity index (χ1v) is 10.1. The molecule has 1 aromatic carbocycles. The molecule has 1 aliphatic rings. The number of pyridine rings is 1. The number of rotatable bonds is 6. The first-order chi connectivity index (χ1) is 15.6. The van der Waals surface area contributed by atoms with E-state index in [0.29, 0.717) is 41.1 Å². The van der Waals surface area contributed by atoms with Crippen molar-refractivity contribution in [2.24, 2.45) is 0 Å². The maximum Gasteiger partial charge on any atom is 0.573 e. The highest BCUT2D eigenvalue weighted by molar-refractivity contribution is 6.41. The maximum absolute atomic E-state index is 12.5. The molecule has 0 radical (unpaired) electrons. The molecular formula is C21H18ClF3N4O4. The van der Waals surface area contributed by atoms with Gasteiger partial charge in [-0.3, -0.25) is 4.79 Å². The molecule has 2 N–H and O–H groups in total. The Balaban J connectivity index is 1.76. The van der Waals surface area contributed by atoms with Gasteiger partial charge in [0.2, 0.25) is 0 Å². The Hall–Kier alpha value is -3.15. The quantitative estimate of drug-likeness (QED) is 0.524. The summed E-state index contributed by atoms with van der Waals surface area (Å²) in [6.45, 7) is 3.51. The second-order valence-electron chi connectivity index (χ2n) is 7.45. The van der Waals surface area contributed by atoms with E-state index in [4.69, 9.17) is 11.6 Å². The highest BCUT2D eigenvalue weighted by Gasteiger charge is 2.37. The number of likely N-dealkylation sites (tertiary alicyclic amines) is 1. The molecule has 1 aliphatic heterocycles. The molecule has 3 aromatic rings. The van der Waals surface area contributed by atoms with Gasteiger partial charge < -0.3 is 19.8 Å². The highest BCUT2D eigenvalue weighted by atomic mass is 35.5. The summed E-state index contributed by atoms with van der Waals surface area (Å²) in [6.07, 6.45) is -4.57. The number of halogens is 4. The number of hydrogen-bond acceptors (Lipinski definition) is 6. The van der Waals surface area contributed by atoms with Gasteiger partial charge in [-0.15, -0.1) is 13.2 Å². The van der Waals surface area contributed by atoms with Gasteiger partial charge in [0.15, 0.2) is 5.65 Å². The molecule has 1 amide bonds. The summed E-state index contributed by atoms with van der Waals surface area (Å²) in [4.78, 5) is 17.9. The number of benzene rings is 1. The first-order valence-electron chi connectivity index (χ1n) is 9.75. The molecule has 1 saturated heterocycles. The molecule has 12 heteroatoms. The van der Waals surface area contributed by atoms with Gasteiger partial charge in [0.1, 0.15) is 11.9 Å². The van der Waals surface area contributed by atoms with Crippen LogP contribution in [0.3, 0.4) is 0 Å². The van der Waals surface area contributed by atoms with E-state index >= 15 is 0 Å². The predicted molar refractivity (Wildman–Crippen MR) is 112 cm³/mol. The maximum atomic E-state index is 12.5. The van der Waals surface area contributed by atoms with Crippen LogP contribution in [0.5, 0.6) is 5.75 Å². The van der Waals surface area contributed by atoms with Gasteiger partial charge in [-0.2, -0.15) is 5.10 Å². The number of fused-ring (bicyclic) bond motifs is 1. The van der Waals surface area contributed by atoms with E-state index < -0.39 is 25.0 Å². The molecule has 0 bridgehead atoms. The normalized spacial score (nSPS) is 15.4. The third-order valence-corrected chi connectivity index (χ3v) is 5.42. The third-order valence-electron chi connectivity index (χ3n) is 5.26. The molecule has 0 unspecified atom stereocenters. The van der Waals surface area contributed by atoms with Crippen LogP contribution < -0.4 is 4.74 Å². The van der Waals surface area contributed by atoms with E-state index in [1.807, 2.05) is 0 Å². The number of nitrogens with zero attached hydrogens (tertiary/aromatic N) is 4. The minimum Gasteiger partial charge on any atom is -0.406 e. The third kappa shape index (κ3) is 4.52.